The SMILES string of the molecule is COc1ccc([C@@H]2CCCN2C(=O)c2cccs2)cc1. The van der Waals surface area contributed by atoms with Gasteiger partial charge >= 0.3 is 0 Å². The first kappa shape index (κ1) is 13.2. The fourth-order valence-corrected chi connectivity index (χ4v) is 3.40. The molecule has 0 bridgehead atoms. The van der Waals surface area contributed by atoms with Crippen molar-refractivity contribution >= 4 is 17.2 Å². The van der Waals surface area contributed by atoms with Gasteiger partial charge in [-0.05, 0) is 42.0 Å². The van der Waals surface area contributed by atoms with E-state index >= 15 is 0 Å². The summed E-state index contributed by atoms with van der Waals surface area (Å²) in [5.74, 6) is 1.00. The van der Waals surface area contributed by atoms with Crippen molar-refractivity contribution in [1.82, 2.24) is 4.90 Å². The molecule has 104 valence electrons. The molecule has 0 radical (unpaired) electrons. The van der Waals surface area contributed by atoms with Crippen LogP contribution in [0.5, 0.6) is 5.75 Å². The first-order valence-corrected chi connectivity index (χ1v) is 7.66. The summed E-state index contributed by atoms with van der Waals surface area (Å²) >= 11 is 1.51. The molecule has 1 aromatic heterocycles. The fourth-order valence-electron chi connectivity index (χ4n) is 2.72. The molecule has 0 unspecified atom stereocenters. The van der Waals surface area contributed by atoms with E-state index in [2.05, 4.69) is 12.1 Å². The van der Waals surface area contributed by atoms with Gasteiger partial charge in [-0.2, -0.15) is 0 Å². The monoisotopic (exact) mass is 287 g/mol. The number of carbonyl (C=O) groups excluding carboxylic acids is 1. The Bertz CT molecular complexity index is 577. The van der Waals surface area contributed by atoms with E-state index in [4.69, 9.17) is 4.74 Å². The molecule has 0 N–H and O–H groups in total. The minimum Gasteiger partial charge on any atom is -0.497 e. The van der Waals surface area contributed by atoms with E-state index < -0.39 is 0 Å². The number of benzene rings is 1. The van der Waals surface area contributed by atoms with Crippen molar-refractivity contribution in [3.63, 3.8) is 0 Å². The molecule has 1 fully saturated rings. The first-order valence-electron chi connectivity index (χ1n) is 6.78. The van der Waals surface area contributed by atoms with Gasteiger partial charge in [0, 0.05) is 6.54 Å². The number of hydrogen-bond acceptors (Lipinski definition) is 3. The molecular weight excluding hydrogens is 270 g/mol. The van der Waals surface area contributed by atoms with E-state index in [0.717, 1.165) is 30.0 Å². The van der Waals surface area contributed by atoms with Gasteiger partial charge in [-0.1, -0.05) is 18.2 Å². The van der Waals surface area contributed by atoms with Crippen LogP contribution in [0.3, 0.4) is 0 Å². The third kappa shape index (κ3) is 2.43. The second kappa shape index (κ2) is 5.67. The minimum absolute atomic E-state index is 0.151. The van der Waals surface area contributed by atoms with Crippen molar-refractivity contribution in [3.8, 4) is 5.75 Å². The number of amides is 1. The zero-order valence-corrected chi connectivity index (χ0v) is 12.2. The molecule has 0 saturated carbocycles. The number of nitrogens with zero attached hydrogens (tertiary/aromatic N) is 1. The lowest BCUT2D eigenvalue weighted by Crippen LogP contribution is -2.29. The summed E-state index contributed by atoms with van der Waals surface area (Å²) < 4.78 is 5.19. The lowest BCUT2D eigenvalue weighted by Gasteiger charge is -2.24. The molecule has 4 heteroatoms. The van der Waals surface area contributed by atoms with Crippen LogP contribution in [0.2, 0.25) is 0 Å². The Morgan fingerprint density at radius 3 is 2.75 bits per heavy atom. The van der Waals surface area contributed by atoms with Crippen LogP contribution in [0.25, 0.3) is 0 Å². The molecule has 1 aromatic carbocycles. The molecule has 3 rings (SSSR count). The van der Waals surface area contributed by atoms with Crippen molar-refractivity contribution in [3.05, 3.63) is 52.2 Å². The number of thiophene rings is 1. The number of hydrogen-bond donors (Lipinski definition) is 0. The van der Waals surface area contributed by atoms with Gasteiger partial charge in [-0.25, -0.2) is 0 Å². The van der Waals surface area contributed by atoms with Gasteiger partial charge in [0.1, 0.15) is 5.75 Å². The van der Waals surface area contributed by atoms with Crippen LogP contribution in [0, 0.1) is 0 Å². The second-order valence-corrected chi connectivity index (χ2v) is 5.85. The molecule has 0 aliphatic carbocycles. The van der Waals surface area contributed by atoms with Gasteiger partial charge in [0.05, 0.1) is 18.0 Å². The summed E-state index contributed by atoms with van der Waals surface area (Å²) in [7, 11) is 1.66. The molecule has 2 aromatic rings. The molecule has 2 heterocycles. The average Bonchev–Trinajstić information content (AvgIpc) is 3.18. The topological polar surface area (TPSA) is 29.5 Å². The van der Waals surface area contributed by atoms with Crippen LogP contribution in [0.1, 0.15) is 34.1 Å². The van der Waals surface area contributed by atoms with Crippen LogP contribution >= 0.6 is 11.3 Å². The van der Waals surface area contributed by atoms with Gasteiger partial charge in [0.2, 0.25) is 0 Å². The highest BCUT2D eigenvalue weighted by Crippen LogP contribution is 2.34. The summed E-state index contributed by atoms with van der Waals surface area (Å²) in [6, 6.07) is 12.1. The maximum absolute atomic E-state index is 12.5. The molecule has 1 aliphatic rings. The van der Waals surface area contributed by atoms with Gasteiger partial charge in [0.25, 0.3) is 5.91 Å². The van der Waals surface area contributed by atoms with Crippen LogP contribution in [0.15, 0.2) is 41.8 Å². The Hall–Kier alpha value is -1.81. The zero-order valence-electron chi connectivity index (χ0n) is 11.4. The molecule has 0 spiro atoms. The first-order chi connectivity index (χ1) is 9.79. The number of likely N-dealkylation sites (tertiary alicyclic amines) is 1. The van der Waals surface area contributed by atoms with Gasteiger partial charge in [-0.3, -0.25) is 4.79 Å². The summed E-state index contributed by atoms with van der Waals surface area (Å²) in [6.07, 6.45) is 2.09. The number of carbonyl (C=O) groups is 1. The summed E-state index contributed by atoms with van der Waals surface area (Å²) in [6.45, 7) is 0.841. The Morgan fingerprint density at radius 2 is 2.10 bits per heavy atom. The highest BCUT2D eigenvalue weighted by Gasteiger charge is 2.30. The Balaban J connectivity index is 1.83. The lowest BCUT2D eigenvalue weighted by atomic mass is 10.0. The normalized spacial score (nSPS) is 18.2. The number of methoxy groups -OCH3 is 1. The maximum atomic E-state index is 12.5. The van der Waals surface area contributed by atoms with Crippen molar-refractivity contribution in [2.45, 2.75) is 18.9 Å². The summed E-state index contributed by atoms with van der Waals surface area (Å²) in [5, 5.41) is 1.95. The van der Waals surface area contributed by atoms with E-state index in [1.54, 1.807) is 7.11 Å². The highest BCUT2D eigenvalue weighted by atomic mass is 32.1. The Kier molecular flexibility index (Phi) is 3.74. The van der Waals surface area contributed by atoms with E-state index in [-0.39, 0.29) is 11.9 Å². The number of ether oxygens (including phenoxy) is 1. The Labute approximate surface area is 122 Å². The van der Waals surface area contributed by atoms with E-state index in [0.29, 0.717) is 0 Å². The average molecular weight is 287 g/mol. The quantitative estimate of drug-likeness (QED) is 0.860. The standard InChI is InChI=1S/C16H17NO2S/c1-19-13-8-6-12(7-9-13)14-4-2-10-17(14)16(18)15-5-3-11-20-15/h3,5-9,11,14H,2,4,10H2,1H3/t14-/m0/s1. The van der Waals surface area contributed by atoms with Crippen molar-refractivity contribution < 1.29 is 9.53 Å². The van der Waals surface area contributed by atoms with Crippen molar-refractivity contribution in [1.29, 1.82) is 0 Å². The van der Waals surface area contributed by atoms with Gasteiger partial charge in [0.15, 0.2) is 0 Å². The van der Waals surface area contributed by atoms with Crippen LogP contribution < -0.4 is 4.74 Å². The molecule has 3 nitrogen and oxygen atoms in total. The van der Waals surface area contributed by atoms with E-state index in [1.807, 2.05) is 34.5 Å². The third-order valence-corrected chi connectivity index (χ3v) is 4.60. The van der Waals surface area contributed by atoms with E-state index in [1.165, 1.54) is 16.9 Å². The van der Waals surface area contributed by atoms with Gasteiger partial charge < -0.3 is 9.64 Å². The molecule has 1 atom stereocenters. The van der Waals surface area contributed by atoms with Crippen LogP contribution in [-0.2, 0) is 0 Å². The number of rotatable bonds is 3. The molecular formula is C16H17NO2S. The maximum Gasteiger partial charge on any atom is 0.264 e. The van der Waals surface area contributed by atoms with Crippen molar-refractivity contribution in [2.75, 3.05) is 13.7 Å². The largest absolute Gasteiger partial charge is 0.497 e. The molecule has 1 amide bonds. The smallest absolute Gasteiger partial charge is 0.264 e. The lowest BCUT2D eigenvalue weighted by molar-refractivity contribution is 0.0740. The zero-order chi connectivity index (χ0) is 13.9. The second-order valence-electron chi connectivity index (χ2n) is 4.91. The minimum atomic E-state index is 0.151. The molecule has 1 aliphatic heterocycles. The molecule has 1 saturated heterocycles. The highest BCUT2D eigenvalue weighted by molar-refractivity contribution is 7.12. The predicted molar refractivity (Wildman–Crippen MR) is 80.3 cm³/mol. The van der Waals surface area contributed by atoms with Gasteiger partial charge in [-0.15, -0.1) is 11.3 Å². The molecule has 20 heavy (non-hydrogen) atoms. The summed E-state index contributed by atoms with van der Waals surface area (Å²) in [5.41, 5.74) is 1.19. The Morgan fingerprint density at radius 1 is 1.30 bits per heavy atom. The fraction of sp³-hybridized carbons (Fsp3) is 0.312. The van der Waals surface area contributed by atoms with Crippen LogP contribution in [-0.4, -0.2) is 24.5 Å². The van der Waals surface area contributed by atoms with Crippen LogP contribution in [0.4, 0.5) is 0 Å². The predicted octanol–water partition coefficient (Wildman–Crippen LogP) is 3.73. The van der Waals surface area contributed by atoms with E-state index in [9.17, 15) is 4.79 Å². The van der Waals surface area contributed by atoms with Crippen molar-refractivity contribution in [2.24, 2.45) is 0 Å². The third-order valence-electron chi connectivity index (χ3n) is 3.75. The summed E-state index contributed by atoms with van der Waals surface area (Å²) in [4.78, 5) is 15.3.